The van der Waals surface area contributed by atoms with Crippen LogP contribution in [0.1, 0.15) is 39.2 Å². The summed E-state index contributed by atoms with van der Waals surface area (Å²) in [4.78, 5) is 61.1. The number of hydrogen-bond acceptors (Lipinski definition) is 6. The summed E-state index contributed by atoms with van der Waals surface area (Å²) in [7, 11) is 0. The number of carbonyl (C=O) groups excluding carboxylic acids is 5. The molecule has 2 unspecified atom stereocenters. The summed E-state index contributed by atoms with van der Waals surface area (Å²) in [5.74, 6) is -3.91. The van der Waals surface area contributed by atoms with Gasteiger partial charge in [-0.1, -0.05) is 56.8 Å². The normalized spacial score (nSPS) is 15.3. The first-order valence-corrected chi connectivity index (χ1v) is 12.4. The number of nitrogens with one attached hydrogen (secondary N) is 4. The highest BCUT2D eigenvalue weighted by atomic mass is 32.1. The van der Waals surface area contributed by atoms with Crippen molar-refractivity contribution < 1.29 is 42.3 Å². The number of amides is 5. The highest BCUT2D eigenvalue weighted by Gasteiger charge is 2.44. The monoisotopic (exact) mass is 577 g/mol. The molecule has 0 bridgehead atoms. The first-order chi connectivity index (χ1) is 18.0. The van der Waals surface area contributed by atoms with Gasteiger partial charge in [-0.05, 0) is 24.8 Å². The highest BCUT2D eigenvalue weighted by molar-refractivity contribution is 7.96. The second-order valence-electron chi connectivity index (χ2n) is 9.26. The van der Waals surface area contributed by atoms with E-state index < -0.39 is 78.2 Å². The predicted molar refractivity (Wildman–Crippen MR) is 138 cm³/mol. The summed E-state index contributed by atoms with van der Waals surface area (Å²) in [5.41, 5.74) is 5.62. The average molecular weight is 578 g/mol. The van der Waals surface area contributed by atoms with Gasteiger partial charge in [-0.2, -0.15) is 13.2 Å². The number of carbonyl (C=O) groups is 5. The minimum absolute atomic E-state index is 0.0135. The maximum atomic E-state index is 13.1. The molecule has 0 spiro atoms. The van der Waals surface area contributed by atoms with E-state index in [9.17, 15) is 42.3 Å². The number of hydrogen-bond donors (Lipinski definition) is 7. The fraction of sp³-hybridized carbons (Fsp3) is 0.542. The number of nitrogens with two attached hydrogens (primary N) is 1. The van der Waals surface area contributed by atoms with E-state index in [1.54, 1.807) is 44.2 Å². The average Bonchev–Trinajstić information content (AvgIpc) is 2.83. The third-order valence-corrected chi connectivity index (χ3v) is 5.77. The minimum Gasteiger partial charge on any atom is -0.382 e. The van der Waals surface area contributed by atoms with Crippen LogP contribution in [-0.4, -0.2) is 70.4 Å². The molecule has 0 saturated heterocycles. The Bertz CT molecular complexity index is 1010. The van der Waals surface area contributed by atoms with Crippen molar-refractivity contribution in [2.75, 3.05) is 0 Å². The minimum atomic E-state index is -5.09. The van der Waals surface area contributed by atoms with Gasteiger partial charge in [0.2, 0.25) is 23.6 Å². The van der Waals surface area contributed by atoms with Crippen molar-refractivity contribution in [1.82, 2.24) is 21.3 Å². The maximum absolute atomic E-state index is 13.1. The molecule has 0 heterocycles. The zero-order valence-electron chi connectivity index (χ0n) is 21.6. The fourth-order valence-electron chi connectivity index (χ4n) is 3.51. The molecule has 11 nitrogen and oxygen atoms in total. The fourth-order valence-corrected chi connectivity index (χ4v) is 3.65. The summed E-state index contributed by atoms with van der Waals surface area (Å²) in [6.07, 6.45) is -9.22. The molecule has 0 aromatic heterocycles. The summed E-state index contributed by atoms with van der Waals surface area (Å²) >= 11 is 3.62. The Hall–Kier alpha value is -3.33. The van der Waals surface area contributed by atoms with Crippen molar-refractivity contribution in [3.05, 3.63) is 35.9 Å². The van der Waals surface area contributed by atoms with Gasteiger partial charge in [-0.25, -0.2) is 0 Å². The van der Waals surface area contributed by atoms with Gasteiger partial charge in [0.25, 0.3) is 5.24 Å². The van der Waals surface area contributed by atoms with Gasteiger partial charge in [-0.3, -0.25) is 24.0 Å². The Kier molecular flexibility index (Phi) is 13.2. The molecule has 0 aliphatic rings. The molecule has 1 rings (SSSR count). The number of primary amides is 1. The Morgan fingerprint density at radius 3 is 2.00 bits per heavy atom. The van der Waals surface area contributed by atoms with E-state index in [1.807, 2.05) is 5.32 Å². The molecule has 0 aliphatic carbocycles. The lowest BCUT2D eigenvalue weighted by atomic mass is 10.0. The molecule has 0 radical (unpaired) electrons. The van der Waals surface area contributed by atoms with E-state index in [0.29, 0.717) is 5.56 Å². The Morgan fingerprint density at radius 2 is 1.51 bits per heavy atom. The number of alkyl halides is 3. The zero-order valence-corrected chi connectivity index (χ0v) is 22.5. The summed E-state index contributed by atoms with van der Waals surface area (Å²) in [5, 5.41) is 18.1. The van der Waals surface area contributed by atoms with Crippen LogP contribution in [0.5, 0.6) is 0 Å². The Labute approximate surface area is 229 Å². The van der Waals surface area contributed by atoms with Crippen LogP contribution >= 0.6 is 12.6 Å². The number of aliphatic hydroxyl groups excluding tert-OH is 1. The molecule has 1 aromatic carbocycles. The molecule has 0 saturated carbocycles. The second kappa shape index (κ2) is 15.3. The van der Waals surface area contributed by atoms with Gasteiger partial charge >= 0.3 is 6.18 Å². The molecule has 218 valence electrons. The van der Waals surface area contributed by atoms with Crippen LogP contribution in [0.4, 0.5) is 18.0 Å². The van der Waals surface area contributed by atoms with Crippen LogP contribution in [0.2, 0.25) is 0 Å². The molecular weight excluding hydrogens is 543 g/mol. The predicted octanol–water partition coefficient (Wildman–Crippen LogP) is 0.556. The van der Waals surface area contributed by atoms with Gasteiger partial charge in [0.15, 0.2) is 6.10 Å². The lowest BCUT2D eigenvalue weighted by Crippen LogP contribution is -2.59. The number of thiol groups is 1. The highest BCUT2D eigenvalue weighted by Crippen LogP contribution is 2.24. The van der Waals surface area contributed by atoms with Crippen LogP contribution in [0.25, 0.3) is 0 Å². The maximum Gasteiger partial charge on any atom is 0.416 e. The van der Waals surface area contributed by atoms with Crippen LogP contribution in [0.15, 0.2) is 30.3 Å². The molecule has 0 aliphatic heterocycles. The number of benzene rings is 1. The van der Waals surface area contributed by atoms with E-state index in [1.165, 1.54) is 6.92 Å². The van der Waals surface area contributed by atoms with Gasteiger partial charge in [0.1, 0.15) is 18.1 Å². The summed E-state index contributed by atoms with van der Waals surface area (Å²) in [6, 6.07) is 2.97. The molecule has 7 N–H and O–H groups in total. The second-order valence-corrected chi connectivity index (χ2v) is 9.67. The van der Waals surface area contributed by atoms with Crippen molar-refractivity contribution in [3.63, 3.8) is 0 Å². The third kappa shape index (κ3) is 11.9. The van der Waals surface area contributed by atoms with Gasteiger partial charge in [0, 0.05) is 12.8 Å². The summed E-state index contributed by atoms with van der Waals surface area (Å²) in [6.45, 7) is 4.52. The molecule has 5 amide bonds. The lowest BCUT2D eigenvalue weighted by molar-refractivity contribution is -0.212. The van der Waals surface area contributed by atoms with Crippen molar-refractivity contribution in [1.29, 1.82) is 0 Å². The van der Waals surface area contributed by atoms with Crippen LogP contribution in [0.3, 0.4) is 0 Å². The van der Waals surface area contributed by atoms with Crippen molar-refractivity contribution in [2.24, 2.45) is 11.7 Å². The van der Waals surface area contributed by atoms with E-state index in [4.69, 9.17) is 5.73 Å². The third-order valence-electron chi connectivity index (χ3n) is 5.64. The van der Waals surface area contributed by atoms with Gasteiger partial charge < -0.3 is 32.1 Å². The topological polar surface area (TPSA) is 180 Å². The molecule has 5 atom stereocenters. The van der Waals surface area contributed by atoms with E-state index in [-0.39, 0.29) is 12.3 Å². The molecule has 39 heavy (non-hydrogen) atoms. The SMILES string of the molecule is CC(C)[C@H](NC(=O)S)C(=O)N[C@@H](Cc1ccccc1)C(=O)N[C@@H](C)C(=O)NC(CCC(N)=O)C(O)C(F)(F)F. The van der Waals surface area contributed by atoms with Crippen molar-refractivity contribution >= 4 is 41.5 Å². The first kappa shape index (κ1) is 33.7. The van der Waals surface area contributed by atoms with Crippen LogP contribution < -0.4 is 27.0 Å². The van der Waals surface area contributed by atoms with Gasteiger partial charge in [-0.15, -0.1) is 0 Å². The van der Waals surface area contributed by atoms with Crippen molar-refractivity contribution in [2.45, 2.75) is 76.5 Å². The number of rotatable bonds is 14. The Balaban J connectivity index is 3.06. The summed E-state index contributed by atoms with van der Waals surface area (Å²) < 4.78 is 39.2. The van der Waals surface area contributed by atoms with Crippen LogP contribution in [-0.2, 0) is 25.6 Å². The van der Waals surface area contributed by atoms with Crippen LogP contribution in [0, 0.1) is 5.92 Å². The number of aliphatic hydroxyl groups is 1. The number of halogens is 3. The largest absolute Gasteiger partial charge is 0.416 e. The van der Waals surface area contributed by atoms with Gasteiger partial charge in [0.05, 0.1) is 6.04 Å². The molecule has 15 heteroatoms. The Morgan fingerprint density at radius 1 is 0.923 bits per heavy atom. The van der Waals surface area contributed by atoms with E-state index in [2.05, 4.69) is 28.6 Å². The molecule has 0 fully saturated rings. The quantitative estimate of drug-likeness (QED) is 0.159. The smallest absolute Gasteiger partial charge is 0.382 e. The zero-order chi connectivity index (χ0) is 29.9. The van der Waals surface area contributed by atoms with E-state index >= 15 is 0 Å². The first-order valence-electron chi connectivity index (χ1n) is 12.0. The molecular formula is C24H34F3N5O6S. The van der Waals surface area contributed by atoms with Crippen molar-refractivity contribution in [3.8, 4) is 0 Å². The lowest BCUT2D eigenvalue weighted by Gasteiger charge is -2.28. The molecule has 1 aromatic rings. The standard InChI is InChI=1S/C24H34F3N5O6S/c1-12(2)18(32-23(38)39)22(37)31-16(11-14-7-5-4-6-8-14)21(36)29-13(3)20(35)30-15(9-10-17(28)33)19(34)24(25,26)27/h4-8,12-13,15-16,18-19,34H,9-11H2,1-3H3,(H2,28,33)(H,29,36)(H,30,35)(H,31,37)(H2,32,38,39)/t13-,15?,16-,18-,19?/m0/s1. The van der Waals surface area contributed by atoms with E-state index in [0.717, 1.165) is 0 Å².